The van der Waals surface area contributed by atoms with Gasteiger partial charge in [-0.15, -0.1) is 11.2 Å². The van der Waals surface area contributed by atoms with E-state index >= 15 is 0 Å². The molecule has 0 aromatic heterocycles. The number of allylic oxidation sites excluding steroid dienone is 2. The van der Waals surface area contributed by atoms with Crippen molar-refractivity contribution in [2.75, 3.05) is 13.2 Å². The van der Waals surface area contributed by atoms with Gasteiger partial charge in [-0.25, -0.2) is 0 Å². The minimum absolute atomic E-state index is 0.379. The van der Waals surface area contributed by atoms with Crippen LogP contribution in [-0.2, 0) is 8.92 Å². The summed E-state index contributed by atoms with van der Waals surface area (Å²) < 4.78 is 10.5. The Morgan fingerprint density at radius 1 is 1.50 bits per heavy atom. The fraction of sp³-hybridized carbons (Fsp3) is 0.429. The van der Waals surface area contributed by atoms with Crippen LogP contribution in [0.15, 0.2) is 23.0 Å². The zero-order chi connectivity index (χ0) is 6.81. The molecule has 2 aliphatic rings. The molecule has 1 fully saturated rings. The summed E-state index contributed by atoms with van der Waals surface area (Å²) in [5, 5.41) is 4.19. The van der Waals surface area contributed by atoms with E-state index in [1.165, 1.54) is 0 Å². The standard InChI is InChI=1S/C7H10O2S/c1-2-4-10(3-1)9-6-7-5-8-7/h1-4,7,10H,5-6H2. The summed E-state index contributed by atoms with van der Waals surface area (Å²) >= 11 is -0.379. The number of hydrogen-bond donors (Lipinski definition) is 1. The maximum Gasteiger partial charge on any atom is 0.105 e. The summed E-state index contributed by atoms with van der Waals surface area (Å²) in [4.78, 5) is 0. The maximum atomic E-state index is 5.49. The van der Waals surface area contributed by atoms with Gasteiger partial charge in [0.2, 0.25) is 0 Å². The molecule has 3 heteroatoms. The van der Waals surface area contributed by atoms with Gasteiger partial charge >= 0.3 is 0 Å². The van der Waals surface area contributed by atoms with E-state index in [-0.39, 0.29) is 11.2 Å². The molecule has 2 heterocycles. The average molecular weight is 158 g/mol. The van der Waals surface area contributed by atoms with Crippen molar-refractivity contribution in [2.45, 2.75) is 6.10 Å². The molecular formula is C7H10O2S. The maximum absolute atomic E-state index is 5.49. The molecule has 2 rings (SSSR count). The summed E-state index contributed by atoms with van der Waals surface area (Å²) in [6, 6.07) is 0. The lowest BCUT2D eigenvalue weighted by atomic mass is 10.5. The second-order valence-electron chi connectivity index (χ2n) is 2.29. The Bertz CT molecular complexity index is 160. The largest absolute Gasteiger partial charge is 0.371 e. The van der Waals surface area contributed by atoms with E-state index in [2.05, 4.69) is 10.8 Å². The molecule has 2 nitrogen and oxygen atoms in total. The van der Waals surface area contributed by atoms with Crippen LogP contribution >= 0.6 is 11.2 Å². The van der Waals surface area contributed by atoms with Gasteiger partial charge in [-0.3, -0.25) is 0 Å². The molecule has 0 bridgehead atoms. The van der Waals surface area contributed by atoms with Gasteiger partial charge in [0.1, 0.15) is 6.10 Å². The minimum atomic E-state index is -0.379. The smallest absolute Gasteiger partial charge is 0.105 e. The number of epoxide rings is 1. The molecule has 0 aromatic rings. The first-order valence-corrected chi connectivity index (χ1v) is 4.73. The Hall–Kier alpha value is -0.250. The van der Waals surface area contributed by atoms with E-state index in [1.807, 2.05) is 12.2 Å². The Labute approximate surface area is 63.1 Å². The van der Waals surface area contributed by atoms with Crippen molar-refractivity contribution < 1.29 is 8.92 Å². The van der Waals surface area contributed by atoms with Gasteiger partial charge in [-0.2, -0.15) is 0 Å². The van der Waals surface area contributed by atoms with Crippen LogP contribution in [0.4, 0.5) is 0 Å². The van der Waals surface area contributed by atoms with Crippen LogP contribution in [0.25, 0.3) is 0 Å². The van der Waals surface area contributed by atoms with Crippen molar-refractivity contribution in [1.82, 2.24) is 0 Å². The summed E-state index contributed by atoms with van der Waals surface area (Å²) in [6.07, 6.45) is 4.45. The number of rotatable bonds is 3. The van der Waals surface area contributed by atoms with Crippen molar-refractivity contribution in [3.63, 3.8) is 0 Å². The van der Waals surface area contributed by atoms with Crippen LogP contribution in [0.5, 0.6) is 0 Å². The summed E-state index contributed by atoms with van der Waals surface area (Å²) in [5.41, 5.74) is 0. The van der Waals surface area contributed by atoms with Gasteiger partial charge in [-0.1, -0.05) is 12.2 Å². The van der Waals surface area contributed by atoms with Crippen molar-refractivity contribution in [2.24, 2.45) is 0 Å². The third-order valence-corrected chi connectivity index (χ3v) is 2.77. The SMILES string of the molecule is C1=C[SH](OCC2CO2)C=C1. The second-order valence-corrected chi connectivity index (χ2v) is 3.87. The lowest BCUT2D eigenvalue weighted by Crippen LogP contribution is -1.96. The van der Waals surface area contributed by atoms with Gasteiger partial charge in [-0.05, 0) is 10.8 Å². The van der Waals surface area contributed by atoms with Gasteiger partial charge < -0.3 is 8.92 Å². The number of hydrogen-bond acceptors (Lipinski definition) is 2. The topological polar surface area (TPSA) is 21.8 Å². The first-order chi connectivity index (χ1) is 4.95. The van der Waals surface area contributed by atoms with Crippen molar-refractivity contribution >= 4 is 11.2 Å². The zero-order valence-corrected chi connectivity index (χ0v) is 6.46. The minimum Gasteiger partial charge on any atom is -0.371 e. The van der Waals surface area contributed by atoms with Crippen molar-refractivity contribution in [1.29, 1.82) is 0 Å². The summed E-state index contributed by atoms with van der Waals surface area (Å²) in [6.45, 7) is 1.65. The lowest BCUT2D eigenvalue weighted by Gasteiger charge is -2.08. The van der Waals surface area contributed by atoms with Crippen molar-refractivity contribution in [3.05, 3.63) is 23.0 Å². The molecule has 0 aliphatic carbocycles. The predicted octanol–water partition coefficient (Wildman–Crippen LogP) is 1.36. The van der Waals surface area contributed by atoms with Gasteiger partial charge in [0, 0.05) is 0 Å². The molecule has 0 spiro atoms. The number of thiol groups is 1. The fourth-order valence-corrected chi connectivity index (χ4v) is 1.89. The Morgan fingerprint density at radius 2 is 2.20 bits per heavy atom. The van der Waals surface area contributed by atoms with Crippen LogP contribution in [0.1, 0.15) is 0 Å². The van der Waals surface area contributed by atoms with Crippen LogP contribution in [-0.4, -0.2) is 19.3 Å². The quantitative estimate of drug-likeness (QED) is 0.494. The molecule has 0 saturated carbocycles. The van der Waals surface area contributed by atoms with Gasteiger partial charge in [0.15, 0.2) is 0 Å². The highest BCUT2D eigenvalue weighted by molar-refractivity contribution is 8.18. The van der Waals surface area contributed by atoms with E-state index in [4.69, 9.17) is 8.92 Å². The lowest BCUT2D eigenvalue weighted by molar-refractivity contribution is 0.294. The Kier molecular flexibility index (Phi) is 1.80. The third-order valence-electron chi connectivity index (χ3n) is 1.39. The van der Waals surface area contributed by atoms with E-state index in [9.17, 15) is 0 Å². The van der Waals surface area contributed by atoms with E-state index in [1.54, 1.807) is 0 Å². The molecule has 1 saturated heterocycles. The first-order valence-electron chi connectivity index (χ1n) is 3.33. The van der Waals surface area contributed by atoms with E-state index in [0.29, 0.717) is 6.10 Å². The Morgan fingerprint density at radius 3 is 2.80 bits per heavy atom. The third kappa shape index (κ3) is 1.62. The van der Waals surface area contributed by atoms with E-state index < -0.39 is 0 Å². The molecule has 10 heavy (non-hydrogen) atoms. The molecule has 0 radical (unpaired) electrons. The molecule has 2 aliphatic heterocycles. The fourth-order valence-electron chi connectivity index (χ4n) is 0.738. The van der Waals surface area contributed by atoms with E-state index in [0.717, 1.165) is 13.2 Å². The summed E-state index contributed by atoms with van der Waals surface area (Å²) in [5.74, 6) is 0. The highest BCUT2D eigenvalue weighted by atomic mass is 32.2. The van der Waals surface area contributed by atoms with Gasteiger partial charge in [0.25, 0.3) is 0 Å². The predicted molar refractivity (Wildman–Crippen MR) is 43.0 cm³/mol. The highest BCUT2D eigenvalue weighted by Gasteiger charge is 2.23. The number of ether oxygens (including phenoxy) is 1. The normalized spacial score (nSPS) is 31.6. The molecule has 0 N–H and O–H groups in total. The molecule has 1 unspecified atom stereocenters. The van der Waals surface area contributed by atoms with Crippen LogP contribution in [0.3, 0.4) is 0 Å². The van der Waals surface area contributed by atoms with Crippen molar-refractivity contribution in [3.8, 4) is 0 Å². The van der Waals surface area contributed by atoms with Crippen LogP contribution in [0.2, 0.25) is 0 Å². The first kappa shape index (κ1) is 6.46. The molecule has 1 atom stereocenters. The average Bonchev–Trinajstić information content (AvgIpc) is 2.63. The molecule has 56 valence electrons. The second kappa shape index (κ2) is 2.78. The molecule has 0 amide bonds. The monoisotopic (exact) mass is 158 g/mol. The Balaban J connectivity index is 1.69. The van der Waals surface area contributed by atoms with Crippen LogP contribution in [0, 0.1) is 0 Å². The molecular weight excluding hydrogens is 148 g/mol. The zero-order valence-electron chi connectivity index (χ0n) is 5.56. The molecule has 0 aromatic carbocycles. The highest BCUT2D eigenvalue weighted by Crippen LogP contribution is 2.34. The van der Waals surface area contributed by atoms with Crippen LogP contribution < -0.4 is 0 Å². The van der Waals surface area contributed by atoms with Gasteiger partial charge in [0.05, 0.1) is 13.2 Å². The summed E-state index contributed by atoms with van der Waals surface area (Å²) in [7, 11) is 0.